The smallest absolute Gasteiger partial charge is 0.306 e. The highest BCUT2D eigenvalue weighted by molar-refractivity contribution is 5.69. The average molecular weight is 214 g/mol. The van der Waals surface area contributed by atoms with Crippen LogP contribution in [0.3, 0.4) is 0 Å². The Balaban J connectivity index is 3.20. The summed E-state index contributed by atoms with van der Waals surface area (Å²) in [5, 5.41) is 8.55. The molecular formula is C12H22O3. The third kappa shape index (κ3) is 11.1. The minimum atomic E-state index is -0.123. The summed E-state index contributed by atoms with van der Waals surface area (Å²) in [7, 11) is 0. The molecule has 0 rings (SSSR count). The number of aliphatic hydroxyl groups is 1. The third-order valence-corrected chi connectivity index (χ3v) is 2.02. The molecule has 0 fully saturated rings. The van der Waals surface area contributed by atoms with Gasteiger partial charge < -0.3 is 9.84 Å². The molecule has 0 aliphatic heterocycles. The van der Waals surface area contributed by atoms with Crippen molar-refractivity contribution in [3.63, 3.8) is 0 Å². The predicted molar refractivity (Wildman–Crippen MR) is 60.6 cm³/mol. The molecule has 0 spiro atoms. The van der Waals surface area contributed by atoms with E-state index in [1.807, 2.05) is 13.0 Å². The van der Waals surface area contributed by atoms with Gasteiger partial charge in [0.2, 0.25) is 0 Å². The van der Waals surface area contributed by atoms with Crippen molar-refractivity contribution < 1.29 is 14.6 Å². The Kier molecular flexibility index (Phi) is 10.6. The Labute approximate surface area is 92.1 Å². The molecule has 88 valence electrons. The summed E-state index contributed by atoms with van der Waals surface area (Å²) in [6, 6.07) is 0. The highest BCUT2D eigenvalue weighted by Gasteiger charge is 1.97. The number of hydrogen-bond donors (Lipinski definition) is 1. The van der Waals surface area contributed by atoms with Gasteiger partial charge in [0.05, 0.1) is 6.61 Å². The fraction of sp³-hybridized carbons (Fsp3) is 0.750. The number of carbonyl (C=O) groups excluding carboxylic acids is 1. The first-order valence-electron chi connectivity index (χ1n) is 5.72. The van der Waals surface area contributed by atoms with Crippen molar-refractivity contribution in [3.8, 4) is 0 Å². The van der Waals surface area contributed by atoms with Gasteiger partial charge in [-0.15, -0.1) is 0 Å². The van der Waals surface area contributed by atoms with Crippen LogP contribution in [0.15, 0.2) is 12.2 Å². The van der Waals surface area contributed by atoms with Crippen LogP contribution in [0.5, 0.6) is 0 Å². The summed E-state index contributed by atoms with van der Waals surface area (Å²) in [5.74, 6) is -0.123. The van der Waals surface area contributed by atoms with Crippen molar-refractivity contribution in [3.05, 3.63) is 12.2 Å². The van der Waals surface area contributed by atoms with Crippen molar-refractivity contribution >= 4 is 5.97 Å². The zero-order valence-corrected chi connectivity index (χ0v) is 9.58. The van der Waals surface area contributed by atoms with Gasteiger partial charge in [-0.1, -0.05) is 18.6 Å². The molecule has 0 aliphatic rings. The van der Waals surface area contributed by atoms with E-state index in [1.54, 1.807) is 0 Å². The van der Waals surface area contributed by atoms with Gasteiger partial charge in [0.25, 0.3) is 0 Å². The second kappa shape index (κ2) is 11.2. The van der Waals surface area contributed by atoms with Crippen LogP contribution < -0.4 is 0 Å². The molecule has 0 aromatic carbocycles. The third-order valence-electron chi connectivity index (χ3n) is 2.02. The van der Waals surface area contributed by atoms with E-state index < -0.39 is 0 Å². The summed E-state index contributed by atoms with van der Waals surface area (Å²) < 4.78 is 4.80. The number of ether oxygens (including phenoxy) is 1. The molecule has 0 aliphatic carbocycles. The van der Waals surface area contributed by atoms with Crippen molar-refractivity contribution in [1.29, 1.82) is 0 Å². The Hall–Kier alpha value is -0.830. The van der Waals surface area contributed by atoms with E-state index in [4.69, 9.17) is 9.84 Å². The molecule has 0 saturated heterocycles. The van der Waals surface area contributed by atoms with Crippen molar-refractivity contribution in [1.82, 2.24) is 0 Å². The molecule has 3 nitrogen and oxygen atoms in total. The minimum Gasteiger partial charge on any atom is -0.466 e. The average Bonchev–Trinajstić information content (AvgIpc) is 2.22. The Morgan fingerprint density at radius 3 is 2.60 bits per heavy atom. The number of hydrogen-bond acceptors (Lipinski definition) is 3. The van der Waals surface area contributed by atoms with Crippen LogP contribution in [0, 0.1) is 0 Å². The molecule has 0 amide bonds. The molecular weight excluding hydrogens is 192 g/mol. The van der Waals surface area contributed by atoms with Gasteiger partial charge in [-0.05, 0) is 32.6 Å². The standard InChI is InChI=1S/C12H22O3/c1-2-15-12(14)10-8-6-4-3-5-7-9-11-13/h4,6,13H,2-3,5,7-11H2,1H3. The summed E-state index contributed by atoms with van der Waals surface area (Å²) in [6.45, 7) is 2.56. The van der Waals surface area contributed by atoms with Crippen molar-refractivity contribution in [2.45, 2.75) is 45.4 Å². The number of aliphatic hydroxyl groups excluding tert-OH is 1. The fourth-order valence-corrected chi connectivity index (χ4v) is 1.22. The summed E-state index contributed by atoms with van der Waals surface area (Å²) in [4.78, 5) is 10.9. The lowest BCUT2D eigenvalue weighted by Crippen LogP contribution is -2.02. The highest BCUT2D eigenvalue weighted by Crippen LogP contribution is 2.01. The molecule has 0 radical (unpaired) electrons. The summed E-state index contributed by atoms with van der Waals surface area (Å²) >= 11 is 0. The van der Waals surface area contributed by atoms with Crippen LogP contribution in [0.25, 0.3) is 0 Å². The first kappa shape index (κ1) is 14.2. The molecule has 3 heteroatoms. The fourth-order valence-electron chi connectivity index (χ4n) is 1.22. The van der Waals surface area contributed by atoms with E-state index in [2.05, 4.69) is 6.08 Å². The number of carbonyl (C=O) groups is 1. The van der Waals surface area contributed by atoms with E-state index in [9.17, 15) is 4.79 Å². The van der Waals surface area contributed by atoms with E-state index in [-0.39, 0.29) is 12.6 Å². The Bertz CT molecular complexity index is 176. The quantitative estimate of drug-likeness (QED) is 0.364. The zero-order chi connectivity index (χ0) is 11.4. The van der Waals surface area contributed by atoms with Crippen LogP contribution >= 0.6 is 0 Å². The number of rotatable bonds is 9. The SMILES string of the molecule is CCOC(=O)CCC=CCCCCCO. The van der Waals surface area contributed by atoms with Gasteiger partial charge in [0, 0.05) is 13.0 Å². The molecule has 15 heavy (non-hydrogen) atoms. The largest absolute Gasteiger partial charge is 0.466 e. The first-order chi connectivity index (χ1) is 7.31. The molecule has 0 saturated carbocycles. The molecule has 0 heterocycles. The maximum absolute atomic E-state index is 10.9. The van der Waals surface area contributed by atoms with Gasteiger partial charge in [-0.2, -0.15) is 0 Å². The van der Waals surface area contributed by atoms with Gasteiger partial charge in [-0.25, -0.2) is 0 Å². The molecule has 0 atom stereocenters. The second-order valence-electron chi connectivity index (χ2n) is 3.39. The maximum atomic E-state index is 10.9. The van der Waals surface area contributed by atoms with E-state index >= 15 is 0 Å². The normalized spacial score (nSPS) is 10.8. The monoisotopic (exact) mass is 214 g/mol. The Morgan fingerprint density at radius 1 is 1.20 bits per heavy atom. The number of unbranched alkanes of at least 4 members (excludes halogenated alkanes) is 3. The van der Waals surface area contributed by atoms with Crippen LogP contribution in [0.2, 0.25) is 0 Å². The summed E-state index contributed by atoms with van der Waals surface area (Å²) in [5.41, 5.74) is 0. The second-order valence-corrected chi connectivity index (χ2v) is 3.39. The van der Waals surface area contributed by atoms with Gasteiger partial charge in [-0.3, -0.25) is 4.79 Å². The van der Waals surface area contributed by atoms with E-state index in [0.29, 0.717) is 13.0 Å². The topological polar surface area (TPSA) is 46.5 Å². The highest BCUT2D eigenvalue weighted by atomic mass is 16.5. The van der Waals surface area contributed by atoms with E-state index in [1.165, 1.54) is 0 Å². The maximum Gasteiger partial charge on any atom is 0.306 e. The number of allylic oxidation sites excluding steroid dienone is 2. The van der Waals surface area contributed by atoms with Gasteiger partial charge >= 0.3 is 5.97 Å². The van der Waals surface area contributed by atoms with E-state index in [0.717, 1.165) is 32.1 Å². The lowest BCUT2D eigenvalue weighted by atomic mass is 10.2. The molecule has 0 bridgehead atoms. The molecule has 0 aromatic heterocycles. The lowest BCUT2D eigenvalue weighted by molar-refractivity contribution is -0.142. The van der Waals surface area contributed by atoms with Crippen molar-refractivity contribution in [2.75, 3.05) is 13.2 Å². The minimum absolute atomic E-state index is 0.123. The van der Waals surface area contributed by atoms with Crippen LogP contribution in [0.1, 0.15) is 45.4 Å². The zero-order valence-electron chi connectivity index (χ0n) is 9.58. The predicted octanol–water partition coefficient (Wildman–Crippen LogP) is 2.44. The molecule has 0 unspecified atom stereocenters. The summed E-state index contributed by atoms with van der Waals surface area (Å²) in [6.07, 6.45) is 9.45. The van der Waals surface area contributed by atoms with Crippen molar-refractivity contribution in [2.24, 2.45) is 0 Å². The molecule has 1 N–H and O–H groups in total. The van der Waals surface area contributed by atoms with Crippen LogP contribution in [-0.4, -0.2) is 24.3 Å². The Morgan fingerprint density at radius 2 is 1.93 bits per heavy atom. The lowest BCUT2D eigenvalue weighted by Gasteiger charge is -1.98. The van der Waals surface area contributed by atoms with Gasteiger partial charge in [0.1, 0.15) is 0 Å². The van der Waals surface area contributed by atoms with Crippen LogP contribution in [0.4, 0.5) is 0 Å². The van der Waals surface area contributed by atoms with Crippen LogP contribution in [-0.2, 0) is 9.53 Å². The number of esters is 1. The first-order valence-corrected chi connectivity index (χ1v) is 5.72. The molecule has 0 aromatic rings. The van der Waals surface area contributed by atoms with Gasteiger partial charge in [0.15, 0.2) is 0 Å².